The van der Waals surface area contributed by atoms with Crippen molar-refractivity contribution >= 4 is 5.97 Å². The second kappa shape index (κ2) is 13.6. The number of aliphatic hydroxyl groups excluding tert-OH is 1. The fourth-order valence-electron chi connectivity index (χ4n) is 1.23. The van der Waals surface area contributed by atoms with Gasteiger partial charge in [-0.15, -0.1) is 0 Å². The Morgan fingerprint density at radius 1 is 1.16 bits per heavy atom. The second-order valence-electron chi connectivity index (χ2n) is 5.44. The molecule has 0 spiro atoms. The van der Waals surface area contributed by atoms with Crippen LogP contribution < -0.4 is 5.73 Å². The van der Waals surface area contributed by atoms with Gasteiger partial charge in [0, 0.05) is 11.6 Å². The third-order valence-electron chi connectivity index (χ3n) is 2.39. The Morgan fingerprint density at radius 3 is 2.05 bits per heavy atom. The van der Waals surface area contributed by atoms with Crippen molar-refractivity contribution in [3.63, 3.8) is 0 Å². The summed E-state index contributed by atoms with van der Waals surface area (Å²) in [6.45, 7) is 5.79. The molecule has 114 valence electrons. The molecule has 0 aromatic carbocycles. The first-order chi connectivity index (χ1) is 8.83. The van der Waals surface area contributed by atoms with E-state index in [0.29, 0.717) is 0 Å². The molecule has 0 saturated carbocycles. The fraction of sp³-hybridized carbons (Fsp3) is 0.800. The molecule has 0 radical (unpaired) electrons. The summed E-state index contributed by atoms with van der Waals surface area (Å²) in [5.41, 5.74) is 4.88. The van der Waals surface area contributed by atoms with Crippen LogP contribution in [0.2, 0.25) is 0 Å². The van der Waals surface area contributed by atoms with E-state index < -0.39 is 11.5 Å². The number of carboxylic acids is 1. The van der Waals surface area contributed by atoms with Gasteiger partial charge in [0.2, 0.25) is 0 Å². The summed E-state index contributed by atoms with van der Waals surface area (Å²) in [5, 5.41) is 16.6. The Hall–Kier alpha value is -0.870. The first kappa shape index (κ1) is 20.4. The molecule has 19 heavy (non-hydrogen) atoms. The third-order valence-corrected chi connectivity index (χ3v) is 2.39. The predicted molar refractivity (Wildman–Crippen MR) is 80.1 cm³/mol. The number of aliphatic carboxylic acids is 1. The molecule has 0 saturated heterocycles. The van der Waals surface area contributed by atoms with Crippen LogP contribution in [-0.4, -0.2) is 28.3 Å². The van der Waals surface area contributed by atoms with E-state index >= 15 is 0 Å². The summed E-state index contributed by atoms with van der Waals surface area (Å²) in [6, 6.07) is 0. The summed E-state index contributed by atoms with van der Waals surface area (Å²) in [6.07, 6.45) is 11.4. The number of unbranched alkanes of at least 4 members (excludes halogenated alkanes) is 6. The zero-order chi connectivity index (χ0) is 15.1. The zero-order valence-corrected chi connectivity index (χ0v) is 12.7. The molecule has 4 nitrogen and oxygen atoms in total. The highest BCUT2D eigenvalue weighted by atomic mass is 16.4. The number of rotatable bonds is 9. The molecule has 0 heterocycles. The molecule has 0 rings (SSSR count). The van der Waals surface area contributed by atoms with Crippen molar-refractivity contribution in [2.24, 2.45) is 5.73 Å². The molecule has 0 amide bonds. The lowest BCUT2D eigenvalue weighted by molar-refractivity contribution is -0.131. The van der Waals surface area contributed by atoms with Crippen LogP contribution in [0.3, 0.4) is 0 Å². The average Bonchev–Trinajstić information content (AvgIpc) is 2.32. The SMILES string of the molecule is CC(C)(N)CO.CCCCCCCCC=CC(=O)O. The first-order valence-electron chi connectivity index (χ1n) is 7.12. The van der Waals surface area contributed by atoms with Gasteiger partial charge in [-0.25, -0.2) is 4.79 Å². The highest BCUT2D eigenvalue weighted by Crippen LogP contribution is 2.06. The number of nitrogens with two attached hydrogens (primary N) is 1. The topological polar surface area (TPSA) is 83.5 Å². The van der Waals surface area contributed by atoms with Crippen molar-refractivity contribution in [1.82, 2.24) is 0 Å². The van der Waals surface area contributed by atoms with E-state index in [4.69, 9.17) is 15.9 Å². The van der Waals surface area contributed by atoms with Crippen molar-refractivity contribution < 1.29 is 15.0 Å². The van der Waals surface area contributed by atoms with Crippen molar-refractivity contribution in [3.8, 4) is 0 Å². The van der Waals surface area contributed by atoms with E-state index in [2.05, 4.69) is 6.92 Å². The quantitative estimate of drug-likeness (QED) is 0.445. The lowest BCUT2D eigenvalue weighted by Gasteiger charge is -2.12. The van der Waals surface area contributed by atoms with E-state index in [1.165, 1.54) is 38.2 Å². The predicted octanol–water partition coefficient (Wildman–Crippen LogP) is 3.09. The maximum atomic E-state index is 10.1. The van der Waals surface area contributed by atoms with Gasteiger partial charge < -0.3 is 15.9 Å². The van der Waals surface area contributed by atoms with E-state index in [0.717, 1.165) is 12.8 Å². The number of hydrogen-bond donors (Lipinski definition) is 3. The van der Waals surface area contributed by atoms with Gasteiger partial charge in [0.15, 0.2) is 0 Å². The van der Waals surface area contributed by atoms with Crippen LogP contribution in [0.4, 0.5) is 0 Å². The number of allylic oxidation sites excluding steroid dienone is 1. The van der Waals surface area contributed by atoms with Gasteiger partial charge in [-0.1, -0.05) is 45.1 Å². The molecule has 0 aromatic heterocycles. The Kier molecular flexibility index (Phi) is 14.6. The standard InChI is InChI=1S/C11H20O2.C4H11NO/c1-2-3-4-5-6-7-8-9-10-11(12)13;1-4(2,5)3-6/h9-10H,2-8H2,1H3,(H,12,13);6H,3,5H2,1-2H3. The Bertz CT molecular complexity index is 232. The largest absolute Gasteiger partial charge is 0.478 e. The molecule has 0 atom stereocenters. The molecule has 0 bridgehead atoms. The molecule has 4 heteroatoms. The van der Waals surface area contributed by atoms with E-state index in [-0.39, 0.29) is 6.61 Å². The maximum Gasteiger partial charge on any atom is 0.327 e. The fourth-order valence-corrected chi connectivity index (χ4v) is 1.23. The highest BCUT2D eigenvalue weighted by molar-refractivity contribution is 5.79. The van der Waals surface area contributed by atoms with Crippen LogP contribution in [0.25, 0.3) is 0 Å². The molecule has 0 fully saturated rings. The smallest absolute Gasteiger partial charge is 0.327 e. The van der Waals surface area contributed by atoms with Crippen molar-refractivity contribution in [3.05, 3.63) is 12.2 Å². The zero-order valence-electron chi connectivity index (χ0n) is 12.7. The molecule has 0 aromatic rings. The van der Waals surface area contributed by atoms with Crippen molar-refractivity contribution in [2.45, 2.75) is 71.3 Å². The Balaban J connectivity index is 0. The molecule has 0 aliphatic heterocycles. The summed E-state index contributed by atoms with van der Waals surface area (Å²) in [7, 11) is 0. The van der Waals surface area contributed by atoms with Gasteiger partial charge in [0.05, 0.1) is 6.61 Å². The van der Waals surface area contributed by atoms with Crippen molar-refractivity contribution in [2.75, 3.05) is 6.61 Å². The van der Waals surface area contributed by atoms with E-state index in [1.807, 2.05) is 0 Å². The van der Waals surface area contributed by atoms with E-state index in [9.17, 15) is 4.79 Å². The van der Waals surface area contributed by atoms with Crippen LogP contribution in [0.15, 0.2) is 12.2 Å². The van der Waals surface area contributed by atoms with Crippen LogP contribution in [0, 0.1) is 0 Å². The van der Waals surface area contributed by atoms with Crippen LogP contribution in [-0.2, 0) is 4.79 Å². The lowest BCUT2D eigenvalue weighted by atomic mass is 10.1. The molecule has 4 N–H and O–H groups in total. The molecule has 0 aliphatic carbocycles. The van der Waals surface area contributed by atoms with Crippen LogP contribution in [0.1, 0.15) is 65.7 Å². The van der Waals surface area contributed by atoms with Crippen LogP contribution >= 0.6 is 0 Å². The molecular weight excluding hydrogens is 242 g/mol. The minimum Gasteiger partial charge on any atom is -0.478 e. The molecule has 0 unspecified atom stereocenters. The number of carboxylic acid groups (broad SMARTS) is 1. The second-order valence-corrected chi connectivity index (χ2v) is 5.44. The van der Waals surface area contributed by atoms with Gasteiger partial charge in [-0.05, 0) is 26.7 Å². The number of carbonyl (C=O) groups is 1. The highest BCUT2D eigenvalue weighted by Gasteiger charge is 2.05. The first-order valence-corrected chi connectivity index (χ1v) is 7.12. The van der Waals surface area contributed by atoms with Gasteiger partial charge >= 0.3 is 5.97 Å². The van der Waals surface area contributed by atoms with Crippen LogP contribution in [0.5, 0.6) is 0 Å². The summed E-state index contributed by atoms with van der Waals surface area (Å²) in [5.74, 6) is -0.842. The monoisotopic (exact) mass is 273 g/mol. The van der Waals surface area contributed by atoms with Gasteiger partial charge in [-0.3, -0.25) is 0 Å². The molecule has 0 aliphatic rings. The van der Waals surface area contributed by atoms with Gasteiger partial charge in [0.1, 0.15) is 0 Å². The minimum absolute atomic E-state index is 0.0486. The third kappa shape index (κ3) is 26.7. The summed E-state index contributed by atoms with van der Waals surface area (Å²) < 4.78 is 0. The lowest BCUT2D eigenvalue weighted by Crippen LogP contribution is -2.35. The Labute approximate surface area is 117 Å². The van der Waals surface area contributed by atoms with E-state index in [1.54, 1.807) is 19.9 Å². The molecular formula is C15H31NO3. The van der Waals surface area contributed by atoms with Gasteiger partial charge in [-0.2, -0.15) is 0 Å². The van der Waals surface area contributed by atoms with Gasteiger partial charge in [0.25, 0.3) is 0 Å². The normalized spacial score (nSPS) is 11.2. The number of aliphatic hydroxyl groups is 1. The minimum atomic E-state index is -0.842. The Morgan fingerprint density at radius 2 is 1.63 bits per heavy atom. The summed E-state index contributed by atoms with van der Waals surface area (Å²) >= 11 is 0. The average molecular weight is 273 g/mol. The number of hydrogen-bond acceptors (Lipinski definition) is 3. The summed E-state index contributed by atoms with van der Waals surface area (Å²) in [4.78, 5) is 10.1. The maximum absolute atomic E-state index is 10.1. The van der Waals surface area contributed by atoms with Crippen molar-refractivity contribution in [1.29, 1.82) is 0 Å².